The van der Waals surface area contributed by atoms with E-state index in [1.807, 2.05) is 0 Å². The number of ether oxygens (including phenoxy) is 1. The lowest BCUT2D eigenvalue weighted by molar-refractivity contribution is 0.0372. The first-order valence-electron chi connectivity index (χ1n) is 4.90. The Morgan fingerprint density at radius 3 is 3.13 bits per heavy atom. The van der Waals surface area contributed by atoms with Gasteiger partial charge in [0.2, 0.25) is 0 Å². The standard InChI is InChI=1S/C9H13ClN4O/c10-8-1-2-9(14-13-8)12-6-7-5-11-3-4-15-7/h1-2,7,11H,3-6H2,(H,12,14). The van der Waals surface area contributed by atoms with Crippen LogP contribution in [-0.4, -0.2) is 42.5 Å². The van der Waals surface area contributed by atoms with Gasteiger partial charge in [-0.15, -0.1) is 10.2 Å². The van der Waals surface area contributed by atoms with Gasteiger partial charge < -0.3 is 15.4 Å². The second-order valence-electron chi connectivity index (χ2n) is 3.32. The fraction of sp³-hybridized carbons (Fsp3) is 0.556. The molecule has 0 amide bonds. The molecule has 15 heavy (non-hydrogen) atoms. The minimum Gasteiger partial charge on any atom is -0.374 e. The van der Waals surface area contributed by atoms with Crippen LogP contribution in [0.15, 0.2) is 12.1 Å². The van der Waals surface area contributed by atoms with Crippen molar-refractivity contribution in [3.8, 4) is 0 Å². The number of morpholine rings is 1. The quantitative estimate of drug-likeness (QED) is 0.791. The second kappa shape index (κ2) is 5.25. The van der Waals surface area contributed by atoms with E-state index < -0.39 is 0 Å². The molecular weight excluding hydrogens is 216 g/mol. The van der Waals surface area contributed by atoms with Crippen molar-refractivity contribution >= 4 is 17.4 Å². The van der Waals surface area contributed by atoms with Gasteiger partial charge in [0, 0.05) is 19.6 Å². The Morgan fingerprint density at radius 2 is 2.47 bits per heavy atom. The molecule has 1 aromatic heterocycles. The Balaban J connectivity index is 1.79. The molecule has 1 atom stereocenters. The molecule has 1 fully saturated rings. The molecule has 1 aromatic rings. The monoisotopic (exact) mass is 228 g/mol. The zero-order valence-electron chi connectivity index (χ0n) is 8.24. The van der Waals surface area contributed by atoms with E-state index >= 15 is 0 Å². The molecule has 1 aliphatic rings. The van der Waals surface area contributed by atoms with Gasteiger partial charge in [-0.2, -0.15) is 0 Å². The summed E-state index contributed by atoms with van der Waals surface area (Å²) < 4.78 is 5.52. The normalized spacial score (nSPS) is 21.3. The van der Waals surface area contributed by atoms with Crippen molar-refractivity contribution in [1.82, 2.24) is 15.5 Å². The zero-order chi connectivity index (χ0) is 10.5. The van der Waals surface area contributed by atoms with E-state index in [2.05, 4.69) is 20.8 Å². The highest BCUT2D eigenvalue weighted by Crippen LogP contribution is 2.06. The van der Waals surface area contributed by atoms with Crippen molar-refractivity contribution in [2.75, 3.05) is 31.6 Å². The van der Waals surface area contributed by atoms with E-state index in [0.29, 0.717) is 11.0 Å². The average Bonchev–Trinajstić information content (AvgIpc) is 2.30. The van der Waals surface area contributed by atoms with E-state index in [1.54, 1.807) is 12.1 Å². The molecule has 82 valence electrons. The molecule has 1 unspecified atom stereocenters. The van der Waals surface area contributed by atoms with Gasteiger partial charge in [0.05, 0.1) is 12.7 Å². The maximum Gasteiger partial charge on any atom is 0.151 e. The summed E-state index contributed by atoms with van der Waals surface area (Å²) in [5.74, 6) is 0.716. The van der Waals surface area contributed by atoms with Gasteiger partial charge in [-0.05, 0) is 12.1 Å². The van der Waals surface area contributed by atoms with Crippen LogP contribution in [0.4, 0.5) is 5.82 Å². The molecule has 0 spiro atoms. The summed E-state index contributed by atoms with van der Waals surface area (Å²) in [7, 11) is 0. The molecule has 1 saturated heterocycles. The van der Waals surface area contributed by atoms with Crippen molar-refractivity contribution in [3.63, 3.8) is 0 Å². The van der Waals surface area contributed by atoms with E-state index in [4.69, 9.17) is 16.3 Å². The van der Waals surface area contributed by atoms with Gasteiger partial charge in [0.15, 0.2) is 5.15 Å². The molecule has 5 nitrogen and oxygen atoms in total. The lowest BCUT2D eigenvalue weighted by Crippen LogP contribution is -2.42. The summed E-state index contributed by atoms with van der Waals surface area (Å²) in [4.78, 5) is 0. The van der Waals surface area contributed by atoms with Crippen LogP contribution in [0, 0.1) is 0 Å². The van der Waals surface area contributed by atoms with Crippen molar-refractivity contribution in [2.45, 2.75) is 6.10 Å². The summed E-state index contributed by atoms with van der Waals surface area (Å²) in [6.07, 6.45) is 0.191. The van der Waals surface area contributed by atoms with Crippen LogP contribution < -0.4 is 10.6 Å². The SMILES string of the molecule is Clc1ccc(NCC2CNCCO2)nn1. The number of hydrogen-bond acceptors (Lipinski definition) is 5. The zero-order valence-corrected chi connectivity index (χ0v) is 9.00. The van der Waals surface area contributed by atoms with Crippen molar-refractivity contribution in [2.24, 2.45) is 0 Å². The summed E-state index contributed by atoms with van der Waals surface area (Å²) in [5, 5.41) is 14.4. The van der Waals surface area contributed by atoms with E-state index in [0.717, 1.165) is 26.2 Å². The Labute approximate surface area is 93.2 Å². The molecule has 2 heterocycles. The summed E-state index contributed by atoms with van der Waals surface area (Å²) >= 11 is 5.62. The lowest BCUT2D eigenvalue weighted by Gasteiger charge is -2.23. The molecule has 0 aliphatic carbocycles. The number of nitrogens with one attached hydrogen (secondary N) is 2. The predicted molar refractivity (Wildman–Crippen MR) is 58.1 cm³/mol. The fourth-order valence-corrected chi connectivity index (χ4v) is 1.48. The Morgan fingerprint density at radius 1 is 1.53 bits per heavy atom. The number of halogens is 1. The predicted octanol–water partition coefficient (Wildman–Crippen LogP) is 0.530. The van der Waals surface area contributed by atoms with Crippen LogP contribution in [0.5, 0.6) is 0 Å². The minimum atomic E-state index is 0.191. The van der Waals surface area contributed by atoms with Gasteiger partial charge >= 0.3 is 0 Å². The molecule has 0 saturated carbocycles. The molecule has 1 aliphatic heterocycles. The highest BCUT2D eigenvalue weighted by atomic mass is 35.5. The number of aromatic nitrogens is 2. The van der Waals surface area contributed by atoms with Crippen LogP contribution >= 0.6 is 11.6 Å². The first-order valence-corrected chi connectivity index (χ1v) is 5.28. The van der Waals surface area contributed by atoms with E-state index in [9.17, 15) is 0 Å². The van der Waals surface area contributed by atoms with Crippen molar-refractivity contribution in [3.05, 3.63) is 17.3 Å². The Kier molecular flexibility index (Phi) is 3.71. The average molecular weight is 229 g/mol. The lowest BCUT2D eigenvalue weighted by atomic mass is 10.3. The third-order valence-corrected chi connectivity index (χ3v) is 2.35. The Bertz CT molecular complexity index is 299. The number of rotatable bonds is 3. The maximum atomic E-state index is 5.62. The number of nitrogens with zero attached hydrogens (tertiary/aromatic N) is 2. The summed E-state index contributed by atoms with van der Waals surface area (Å²) in [5.41, 5.74) is 0. The van der Waals surface area contributed by atoms with Crippen LogP contribution in [0.2, 0.25) is 5.15 Å². The topological polar surface area (TPSA) is 59.1 Å². The van der Waals surface area contributed by atoms with Crippen LogP contribution in [0.3, 0.4) is 0 Å². The maximum absolute atomic E-state index is 5.62. The molecule has 6 heteroatoms. The highest BCUT2D eigenvalue weighted by Gasteiger charge is 2.12. The minimum absolute atomic E-state index is 0.191. The van der Waals surface area contributed by atoms with Gasteiger partial charge in [0.25, 0.3) is 0 Å². The smallest absolute Gasteiger partial charge is 0.151 e. The molecule has 2 rings (SSSR count). The first-order chi connectivity index (χ1) is 7.34. The van der Waals surface area contributed by atoms with Crippen LogP contribution in [0.25, 0.3) is 0 Å². The van der Waals surface area contributed by atoms with Crippen LogP contribution in [0.1, 0.15) is 0 Å². The molecule has 0 radical (unpaired) electrons. The third kappa shape index (κ3) is 3.30. The third-order valence-electron chi connectivity index (χ3n) is 2.15. The highest BCUT2D eigenvalue weighted by molar-refractivity contribution is 6.29. The number of hydrogen-bond donors (Lipinski definition) is 2. The van der Waals surface area contributed by atoms with Crippen molar-refractivity contribution < 1.29 is 4.74 Å². The molecule has 2 N–H and O–H groups in total. The fourth-order valence-electron chi connectivity index (χ4n) is 1.38. The van der Waals surface area contributed by atoms with Gasteiger partial charge in [-0.25, -0.2) is 0 Å². The van der Waals surface area contributed by atoms with Crippen molar-refractivity contribution in [1.29, 1.82) is 0 Å². The van der Waals surface area contributed by atoms with E-state index in [-0.39, 0.29) is 6.10 Å². The Hall–Kier alpha value is -0.910. The molecular formula is C9H13ClN4O. The van der Waals surface area contributed by atoms with Gasteiger partial charge in [0.1, 0.15) is 5.82 Å². The summed E-state index contributed by atoms with van der Waals surface area (Å²) in [6.45, 7) is 3.28. The molecule has 0 bridgehead atoms. The first kappa shape index (κ1) is 10.6. The summed E-state index contributed by atoms with van der Waals surface area (Å²) in [6, 6.07) is 3.50. The van der Waals surface area contributed by atoms with Gasteiger partial charge in [-0.1, -0.05) is 11.6 Å². The van der Waals surface area contributed by atoms with Crippen LogP contribution in [-0.2, 0) is 4.74 Å². The number of anilines is 1. The van der Waals surface area contributed by atoms with E-state index in [1.165, 1.54) is 0 Å². The molecule has 0 aromatic carbocycles. The largest absolute Gasteiger partial charge is 0.374 e. The van der Waals surface area contributed by atoms with Gasteiger partial charge in [-0.3, -0.25) is 0 Å². The second-order valence-corrected chi connectivity index (χ2v) is 3.71.